The second-order valence-corrected chi connectivity index (χ2v) is 7.17. The van der Waals surface area contributed by atoms with Gasteiger partial charge in [-0.15, -0.1) is 0 Å². The lowest BCUT2D eigenvalue weighted by molar-refractivity contribution is -0.0639. The van der Waals surface area contributed by atoms with Gasteiger partial charge in [-0.2, -0.15) is 0 Å². The molecule has 2 rings (SSSR count). The van der Waals surface area contributed by atoms with Crippen LogP contribution in [0.15, 0.2) is 22.7 Å². The fourth-order valence-corrected chi connectivity index (χ4v) is 3.51. The molecule has 0 aromatic heterocycles. The van der Waals surface area contributed by atoms with E-state index in [1.807, 2.05) is 12.1 Å². The number of ether oxygens (including phenoxy) is 1. The molecule has 0 amide bonds. The molecule has 0 aliphatic carbocycles. The second-order valence-electron chi connectivity index (χ2n) is 5.85. The number of rotatable bonds is 3. The zero-order valence-electron chi connectivity index (χ0n) is 11.7. The van der Waals surface area contributed by atoms with Gasteiger partial charge in [-0.1, -0.05) is 33.6 Å². The first-order valence-corrected chi connectivity index (χ1v) is 7.89. The minimum atomic E-state index is -0.0286. The molecule has 1 aromatic rings. The lowest BCUT2D eigenvalue weighted by atomic mass is 9.93. The first-order valence-electron chi connectivity index (χ1n) is 6.72. The number of hydrogen-bond donors (Lipinski definition) is 1. The van der Waals surface area contributed by atoms with Crippen LogP contribution in [0.4, 0.5) is 0 Å². The molecule has 1 aliphatic heterocycles. The number of nitrogens with one attached hydrogen (secondary N) is 1. The summed E-state index contributed by atoms with van der Waals surface area (Å²) in [6.45, 7) is 7.29. The third-order valence-corrected chi connectivity index (χ3v) is 4.43. The molecule has 0 saturated carbocycles. The van der Waals surface area contributed by atoms with E-state index >= 15 is 0 Å². The van der Waals surface area contributed by atoms with Crippen LogP contribution in [0, 0.1) is 0 Å². The van der Waals surface area contributed by atoms with Gasteiger partial charge in [0.15, 0.2) is 0 Å². The normalized spacial score (nSPS) is 24.2. The van der Waals surface area contributed by atoms with E-state index in [0.717, 1.165) is 34.5 Å². The molecular formula is C15H21BrClNO. The molecule has 1 N–H and O–H groups in total. The molecule has 1 fully saturated rings. The molecule has 2 nitrogen and oxygen atoms in total. The van der Waals surface area contributed by atoms with Gasteiger partial charge < -0.3 is 10.1 Å². The molecule has 106 valence electrons. The first-order chi connectivity index (χ1) is 8.87. The zero-order chi connectivity index (χ0) is 14.0. The van der Waals surface area contributed by atoms with Crippen molar-refractivity contribution in [3.63, 3.8) is 0 Å². The Morgan fingerprint density at radius 1 is 1.47 bits per heavy atom. The smallest absolute Gasteiger partial charge is 0.0641 e. The van der Waals surface area contributed by atoms with Gasteiger partial charge in [-0.3, -0.25) is 0 Å². The Labute approximate surface area is 129 Å². The van der Waals surface area contributed by atoms with E-state index < -0.39 is 0 Å². The van der Waals surface area contributed by atoms with Crippen molar-refractivity contribution < 1.29 is 4.74 Å². The highest BCUT2D eigenvalue weighted by atomic mass is 79.9. The van der Waals surface area contributed by atoms with Crippen molar-refractivity contribution in [2.24, 2.45) is 0 Å². The van der Waals surface area contributed by atoms with E-state index in [4.69, 9.17) is 16.3 Å². The number of hydrogen-bond acceptors (Lipinski definition) is 2. The van der Waals surface area contributed by atoms with Crippen molar-refractivity contribution in [2.45, 2.75) is 51.3 Å². The van der Waals surface area contributed by atoms with Crippen LogP contribution in [0.2, 0.25) is 5.02 Å². The Morgan fingerprint density at radius 3 is 2.84 bits per heavy atom. The van der Waals surface area contributed by atoms with Gasteiger partial charge in [-0.05, 0) is 51.3 Å². The van der Waals surface area contributed by atoms with Crippen molar-refractivity contribution in [3.05, 3.63) is 33.3 Å². The molecule has 0 bridgehead atoms. The van der Waals surface area contributed by atoms with E-state index in [1.165, 1.54) is 0 Å². The van der Waals surface area contributed by atoms with Crippen LogP contribution in [0.25, 0.3) is 0 Å². The van der Waals surface area contributed by atoms with Crippen molar-refractivity contribution in [3.8, 4) is 0 Å². The maximum absolute atomic E-state index is 6.30. The molecular weight excluding hydrogens is 326 g/mol. The van der Waals surface area contributed by atoms with E-state index in [0.29, 0.717) is 6.04 Å². The molecule has 1 heterocycles. The summed E-state index contributed by atoms with van der Waals surface area (Å²) in [6.07, 6.45) is 2.09. The lowest BCUT2D eigenvalue weighted by Gasteiger charge is -2.37. The third kappa shape index (κ3) is 4.19. The quantitative estimate of drug-likeness (QED) is 0.855. The summed E-state index contributed by atoms with van der Waals surface area (Å²) in [5, 5.41) is 4.48. The maximum atomic E-state index is 6.30. The highest BCUT2D eigenvalue weighted by molar-refractivity contribution is 9.10. The lowest BCUT2D eigenvalue weighted by Crippen LogP contribution is -2.44. The summed E-state index contributed by atoms with van der Waals surface area (Å²) in [5.74, 6) is 0. The summed E-state index contributed by atoms with van der Waals surface area (Å²) in [5.41, 5.74) is 1.12. The topological polar surface area (TPSA) is 21.3 Å². The highest BCUT2D eigenvalue weighted by Crippen LogP contribution is 2.29. The maximum Gasteiger partial charge on any atom is 0.0641 e. The second kappa shape index (κ2) is 6.13. The van der Waals surface area contributed by atoms with Crippen molar-refractivity contribution in [1.82, 2.24) is 5.32 Å². The highest BCUT2D eigenvalue weighted by Gasteiger charge is 2.29. The van der Waals surface area contributed by atoms with Gasteiger partial charge in [0.25, 0.3) is 0 Å². The predicted molar refractivity (Wildman–Crippen MR) is 83.8 cm³/mol. The molecule has 2 atom stereocenters. The summed E-state index contributed by atoms with van der Waals surface area (Å²) < 4.78 is 6.76. The van der Waals surface area contributed by atoms with Gasteiger partial charge in [-0.25, -0.2) is 0 Å². The van der Waals surface area contributed by atoms with Crippen molar-refractivity contribution >= 4 is 27.5 Å². The Morgan fingerprint density at radius 2 is 2.21 bits per heavy atom. The molecule has 1 aromatic carbocycles. The fraction of sp³-hybridized carbons (Fsp3) is 0.600. The fourth-order valence-electron chi connectivity index (χ4n) is 2.67. The first kappa shape index (κ1) is 15.3. The summed E-state index contributed by atoms with van der Waals surface area (Å²) in [6, 6.07) is 6.79. The Balaban J connectivity index is 2.02. The van der Waals surface area contributed by atoms with Crippen molar-refractivity contribution in [1.29, 1.82) is 0 Å². The number of benzene rings is 1. The van der Waals surface area contributed by atoms with Crippen molar-refractivity contribution in [2.75, 3.05) is 6.61 Å². The van der Waals surface area contributed by atoms with Gasteiger partial charge in [0.1, 0.15) is 0 Å². The molecule has 19 heavy (non-hydrogen) atoms. The van der Waals surface area contributed by atoms with Crippen LogP contribution in [-0.4, -0.2) is 18.2 Å². The average molecular weight is 347 g/mol. The van der Waals surface area contributed by atoms with Crippen LogP contribution < -0.4 is 5.32 Å². The molecule has 1 aliphatic rings. The van der Waals surface area contributed by atoms with Crippen LogP contribution in [0.3, 0.4) is 0 Å². The van der Waals surface area contributed by atoms with E-state index in [1.54, 1.807) is 0 Å². The number of halogens is 2. The van der Waals surface area contributed by atoms with Crippen LogP contribution in [-0.2, 0) is 4.74 Å². The van der Waals surface area contributed by atoms with Crippen LogP contribution in [0.5, 0.6) is 0 Å². The summed E-state index contributed by atoms with van der Waals surface area (Å²) in [7, 11) is 0. The summed E-state index contributed by atoms with van der Waals surface area (Å²) >= 11 is 9.74. The predicted octanol–water partition coefficient (Wildman–Crippen LogP) is 4.71. The molecule has 2 unspecified atom stereocenters. The van der Waals surface area contributed by atoms with Crippen LogP contribution in [0.1, 0.15) is 45.2 Å². The van der Waals surface area contributed by atoms with E-state index in [9.17, 15) is 0 Å². The monoisotopic (exact) mass is 345 g/mol. The Hall–Kier alpha value is -0.0900. The summed E-state index contributed by atoms with van der Waals surface area (Å²) in [4.78, 5) is 0. The minimum Gasteiger partial charge on any atom is -0.375 e. The minimum absolute atomic E-state index is 0.0286. The molecule has 1 saturated heterocycles. The van der Waals surface area contributed by atoms with Gasteiger partial charge >= 0.3 is 0 Å². The Bertz CT molecular complexity index is 450. The van der Waals surface area contributed by atoms with E-state index in [-0.39, 0.29) is 11.6 Å². The molecule has 4 heteroatoms. The average Bonchev–Trinajstić information content (AvgIpc) is 2.27. The van der Waals surface area contributed by atoms with Gasteiger partial charge in [0, 0.05) is 28.2 Å². The van der Waals surface area contributed by atoms with E-state index in [2.05, 4.69) is 48.1 Å². The molecule has 0 spiro atoms. The van der Waals surface area contributed by atoms with Crippen LogP contribution >= 0.6 is 27.5 Å². The SMILES string of the molecule is CC(NC1CCOC(C)(C)C1)c1ccc(Br)cc1Cl. The zero-order valence-corrected chi connectivity index (χ0v) is 14.0. The standard InChI is InChI=1S/C15H21BrClNO/c1-10(13-5-4-11(16)8-14(13)17)18-12-6-7-19-15(2,3)9-12/h4-5,8,10,12,18H,6-7,9H2,1-3H3. The largest absolute Gasteiger partial charge is 0.375 e. The Kier molecular flexibility index (Phi) is 4.93. The van der Waals surface area contributed by atoms with Gasteiger partial charge in [0.05, 0.1) is 5.60 Å². The molecule has 0 radical (unpaired) electrons. The third-order valence-electron chi connectivity index (χ3n) is 3.61. The van der Waals surface area contributed by atoms with Gasteiger partial charge in [0.2, 0.25) is 0 Å².